The number of nitrogens with zero attached hydrogens (tertiary/aromatic N) is 3. The van der Waals surface area contributed by atoms with Crippen LogP contribution in [0.25, 0.3) is 0 Å². The number of para-hydroxylation sites is 1. The molecule has 0 bridgehead atoms. The van der Waals surface area contributed by atoms with Crippen molar-refractivity contribution in [3.05, 3.63) is 41.1 Å². The molecule has 0 radical (unpaired) electrons. The molecule has 7 heteroatoms. The fourth-order valence-corrected chi connectivity index (χ4v) is 1.89. The van der Waals surface area contributed by atoms with Gasteiger partial charge in [-0.05, 0) is 28.1 Å². The quantitative estimate of drug-likeness (QED) is 0.785. The number of carbonyl (C=O) groups is 1. The molecular weight excluding hydrogens is 310 g/mol. The molecule has 0 atom stereocenters. The Bertz CT molecular complexity index is 529. The minimum absolute atomic E-state index is 0.0782. The molecular formula is C12H14BrN5O. The van der Waals surface area contributed by atoms with Gasteiger partial charge in [-0.2, -0.15) is 0 Å². The van der Waals surface area contributed by atoms with Crippen LogP contribution >= 0.6 is 15.9 Å². The summed E-state index contributed by atoms with van der Waals surface area (Å²) in [4.78, 5) is 11.7. The fraction of sp³-hybridized carbons (Fsp3) is 0.250. The number of hydrogen-bond donors (Lipinski definition) is 2. The van der Waals surface area contributed by atoms with Crippen LogP contribution in [0.2, 0.25) is 0 Å². The third kappa shape index (κ3) is 4.46. The molecule has 2 aromatic rings. The number of anilines is 1. The van der Waals surface area contributed by atoms with Gasteiger partial charge >= 0.3 is 0 Å². The number of halogens is 1. The van der Waals surface area contributed by atoms with Crippen LogP contribution in [0.5, 0.6) is 0 Å². The van der Waals surface area contributed by atoms with Gasteiger partial charge in [-0.15, -0.1) is 5.10 Å². The molecule has 0 saturated heterocycles. The van der Waals surface area contributed by atoms with E-state index < -0.39 is 0 Å². The minimum atomic E-state index is -0.0782. The molecule has 1 aromatic carbocycles. The monoisotopic (exact) mass is 323 g/mol. The highest BCUT2D eigenvalue weighted by Crippen LogP contribution is 2.20. The molecule has 0 unspecified atom stereocenters. The Kier molecular flexibility index (Phi) is 5.05. The van der Waals surface area contributed by atoms with Gasteiger partial charge in [0, 0.05) is 17.2 Å². The predicted molar refractivity (Wildman–Crippen MR) is 75.7 cm³/mol. The molecule has 2 rings (SSSR count). The van der Waals surface area contributed by atoms with Crippen LogP contribution in [0.3, 0.4) is 0 Å². The molecule has 0 aliphatic rings. The van der Waals surface area contributed by atoms with Gasteiger partial charge in [0.05, 0.1) is 25.0 Å². The molecule has 1 heterocycles. The maximum absolute atomic E-state index is 11.7. The van der Waals surface area contributed by atoms with E-state index >= 15 is 0 Å². The van der Waals surface area contributed by atoms with Crippen molar-refractivity contribution in [2.75, 3.05) is 18.4 Å². The van der Waals surface area contributed by atoms with Gasteiger partial charge < -0.3 is 10.6 Å². The van der Waals surface area contributed by atoms with Gasteiger partial charge in [0.2, 0.25) is 5.91 Å². The minimum Gasteiger partial charge on any atom is -0.324 e. The van der Waals surface area contributed by atoms with Crippen molar-refractivity contribution in [3.8, 4) is 0 Å². The Labute approximate surface area is 119 Å². The zero-order valence-corrected chi connectivity index (χ0v) is 11.8. The van der Waals surface area contributed by atoms with Gasteiger partial charge in [-0.25, -0.2) is 0 Å². The first-order chi connectivity index (χ1) is 9.25. The maximum Gasteiger partial charge on any atom is 0.238 e. The first-order valence-corrected chi connectivity index (χ1v) is 6.64. The SMILES string of the molecule is O=C(CNCCn1ccnn1)Nc1ccccc1Br. The summed E-state index contributed by atoms with van der Waals surface area (Å²) in [5, 5.41) is 13.4. The van der Waals surface area contributed by atoms with Crippen molar-refractivity contribution >= 4 is 27.5 Å². The van der Waals surface area contributed by atoms with Crippen LogP contribution in [-0.2, 0) is 11.3 Å². The highest BCUT2D eigenvalue weighted by Gasteiger charge is 2.04. The summed E-state index contributed by atoms with van der Waals surface area (Å²) in [5.74, 6) is -0.0782. The number of aromatic nitrogens is 3. The number of amides is 1. The Morgan fingerprint density at radius 2 is 2.21 bits per heavy atom. The lowest BCUT2D eigenvalue weighted by atomic mass is 10.3. The van der Waals surface area contributed by atoms with E-state index in [1.165, 1.54) is 0 Å². The zero-order chi connectivity index (χ0) is 13.5. The Morgan fingerprint density at radius 1 is 1.37 bits per heavy atom. The number of benzene rings is 1. The fourth-order valence-electron chi connectivity index (χ4n) is 1.50. The smallest absolute Gasteiger partial charge is 0.238 e. The third-order valence-corrected chi connectivity index (χ3v) is 3.11. The second kappa shape index (κ2) is 7.01. The van der Waals surface area contributed by atoms with Gasteiger partial charge in [0.1, 0.15) is 0 Å². The lowest BCUT2D eigenvalue weighted by Gasteiger charge is -2.08. The summed E-state index contributed by atoms with van der Waals surface area (Å²) in [5.41, 5.74) is 0.769. The van der Waals surface area contributed by atoms with Crippen molar-refractivity contribution in [2.45, 2.75) is 6.54 Å². The second-order valence-electron chi connectivity index (χ2n) is 3.87. The first kappa shape index (κ1) is 13.7. The summed E-state index contributed by atoms with van der Waals surface area (Å²) in [7, 11) is 0. The highest BCUT2D eigenvalue weighted by molar-refractivity contribution is 9.10. The standard InChI is InChI=1S/C12H14BrN5O/c13-10-3-1-2-4-11(10)16-12(19)9-14-5-7-18-8-6-15-17-18/h1-4,6,8,14H,5,7,9H2,(H,16,19). The Balaban J connectivity index is 1.69. The van der Waals surface area contributed by atoms with Crippen LogP contribution in [-0.4, -0.2) is 34.0 Å². The largest absolute Gasteiger partial charge is 0.324 e. The lowest BCUT2D eigenvalue weighted by molar-refractivity contribution is -0.115. The van der Waals surface area contributed by atoms with E-state index in [1.54, 1.807) is 17.1 Å². The molecule has 1 aromatic heterocycles. The van der Waals surface area contributed by atoms with Crippen LogP contribution in [0.1, 0.15) is 0 Å². The molecule has 100 valence electrons. The van der Waals surface area contributed by atoms with Gasteiger partial charge in [-0.3, -0.25) is 9.48 Å². The molecule has 19 heavy (non-hydrogen) atoms. The number of rotatable bonds is 6. The third-order valence-electron chi connectivity index (χ3n) is 2.42. The molecule has 0 saturated carbocycles. The van der Waals surface area contributed by atoms with E-state index in [2.05, 4.69) is 36.9 Å². The molecule has 0 fully saturated rings. The summed E-state index contributed by atoms with van der Waals surface area (Å²) in [6, 6.07) is 7.50. The summed E-state index contributed by atoms with van der Waals surface area (Å²) in [6.07, 6.45) is 3.41. The zero-order valence-electron chi connectivity index (χ0n) is 10.2. The summed E-state index contributed by atoms with van der Waals surface area (Å²) < 4.78 is 2.57. The maximum atomic E-state index is 11.7. The molecule has 2 N–H and O–H groups in total. The molecule has 0 spiro atoms. The van der Waals surface area contributed by atoms with Crippen LogP contribution in [0.15, 0.2) is 41.1 Å². The van der Waals surface area contributed by atoms with Crippen molar-refractivity contribution < 1.29 is 4.79 Å². The molecule has 1 amide bonds. The summed E-state index contributed by atoms with van der Waals surface area (Å²) >= 11 is 3.38. The molecule has 6 nitrogen and oxygen atoms in total. The van der Waals surface area contributed by atoms with Crippen LogP contribution in [0.4, 0.5) is 5.69 Å². The first-order valence-electron chi connectivity index (χ1n) is 5.85. The summed E-state index contributed by atoms with van der Waals surface area (Å²) in [6.45, 7) is 1.60. The van der Waals surface area contributed by atoms with Crippen molar-refractivity contribution in [1.82, 2.24) is 20.3 Å². The van der Waals surface area contributed by atoms with Gasteiger partial charge in [0.25, 0.3) is 0 Å². The molecule has 0 aliphatic heterocycles. The van der Waals surface area contributed by atoms with Crippen LogP contribution < -0.4 is 10.6 Å². The lowest BCUT2D eigenvalue weighted by Crippen LogP contribution is -2.30. The van der Waals surface area contributed by atoms with E-state index in [9.17, 15) is 4.79 Å². The number of hydrogen-bond acceptors (Lipinski definition) is 4. The van der Waals surface area contributed by atoms with E-state index in [1.807, 2.05) is 24.3 Å². The van der Waals surface area contributed by atoms with Gasteiger partial charge in [-0.1, -0.05) is 17.3 Å². The van der Waals surface area contributed by atoms with Crippen molar-refractivity contribution in [3.63, 3.8) is 0 Å². The van der Waals surface area contributed by atoms with E-state index in [4.69, 9.17) is 0 Å². The Morgan fingerprint density at radius 3 is 2.95 bits per heavy atom. The van der Waals surface area contributed by atoms with Gasteiger partial charge in [0.15, 0.2) is 0 Å². The average Bonchev–Trinajstić information content (AvgIpc) is 2.91. The Hall–Kier alpha value is -1.73. The van der Waals surface area contributed by atoms with E-state index in [0.29, 0.717) is 13.1 Å². The topological polar surface area (TPSA) is 71.8 Å². The van der Waals surface area contributed by atoms with Crippen molar-refractivity contribution in [2.24, 2.45) is 0 Å². The van der Waals surface area contributed by atoms with E-state index in [0.717, 1.165) is 10.2 Å². The second-order valence-corrected chi connectivity index (χ2v) is 4.73. The van der Waals surface area contributed by atoms with Crippen molar-refractivity contribution in [1.29, 1.82) is 0 Å². The normalized spacial score (nSPS) is 10.4. The highest BCUT2D eigenvalue weighted by atomic mass is 79.9. The van der Waals surface area contributed by atoms with E-state index in [-0.39, 0.29) is 12.5 Å². The molecule has 0 aliphatic carbocycles. The number of carbonyl (C=O) groups excluding carboxylic acids is 1. The average molecular weight is 324 g/mol. The predicted octanol–water partition coefficient (Wildman–Crippen LogP) is 1.27. The van der Waals surface area contributed by atoms with Crippen LogP contribution in [0, 0.1) is 0 Å². The number of nitrogens with one attached hydrogen (secondary N) is 2.